The van der Waals surface area contributed by atoms with E-state index in [2.05, 4.69) is 69.8 Å². The lowest BCUT2D eigenvalue weighted by Crippen LogP contribution is -2.30. The van der Waals surface area contributed by atoms with Crippen LogP contribution in [0.3, 0.4) is 0 Å². The van der Waals surface area contributed by atoms with E-state index in [1.54, 1.807) is 16.8 Å². The molecule has 2 aromatic heterocycles. The molecule has 4 rings (SSSR count). The summed E-state index contributed by atoms with van der Waals surface area (Å²) in [6.45, 7) is 9.37. The van der Waals surface area contributed by atoms with Gasteiger partial charge < -0.3 is 15.7 Å². The topological polar surface area (TPSA) is 91.5 Å². The van der Waals surface area contributed by atoms with Gasteiger partial charge in [-0.05, 0) is 52.4 Å². The molecule has 0 bridgehead atoms. The van der Waals surface area contributed by atoms with Crippen molar-refractivity contribution < 1.29 is 9.90 Å². The molecular formula is C31H40BrN5O2. The Morgan fingerprint density at radius 2 is 1.74 bits per heavy atom. The molecule has 1 aliphatic carbocycles. The number of halogens is 1. The van der Waals surface area contributed by atoms with Gasteiger partial charge in [0.15, 0.2) is 5.65 Å². The van der Waals surface area contributed by atoms with Crippen LogP contribution in [0.4, 0.5) is 5.82 Å². The number of rotatable bonds is 11. The summed E-state index contributed by atoms with van der Waals surface area (Å²) >= 11 is 3.53. The van der Waals surface area contributed by atoms with Crippen molar-refractivity contribution in [1.29, 1.82) is 0 Å². The predicted octanol–water partition coefficient (Wildman–Crippen LogP) is 7.75. The number of allylic oxidation sites excluding steroid dienone is 5. The summed E-state index contributed by atoms with van der Waals surface area (Å²) in [5.74, 6) is 1.24. The fourth-order valence-corrected chi connectivity index (χ4v) is 4.82. The minimum absolute atomic E-state index is 0.102. The predicted molar refractivity (Wildman–Crippen MR) is 163 cm³/mol. The largest absolute Gasteiger partial charge is 0.508 e. The summed E-state index contributed by atoms with van der Waals surface area (Å²) in [5, 5.41) is 21.5. The third-order valence-electron chi connectivity index (χ3n) is 6.48. The normalized spacial score (nSPS) is 12.9. The Morgan fingerprint density at radius 1 is 1.08 bits per heavy atom. The first-order valence-corrected chi connectivity index (χ1v) is 14.7. The molecule has 1 aliphatic rings. The van der Waals surface area contributed by atoms with Crippen molar-refractivity contribution in [2.24, 2.45) is 5.92 Å². The van der Waals surface area contributed by atoms with Gasteiger partial charge in [0, 0.05) is 30.6 Å². The molecule has 3 N–H and O–H groups in total. The van der Waals surface area contributed by atoms with Gasteiger partial charge in [-0.3, -0.25) is 4.79 Å². The molecule has 0 radical (unpaired) electrons. The molecule has 0 aliphatic heterocycles. The fourth-order valence-electron chi connectivity index (χ4n) is 4.47. The molecule has 0 unspecified atom stereocenters. The molecule has 0 saturated heterocycles. The van der Waals surface area contributed by atoms with E-state index < -0.39 is 0 Å². The van der Waals surface area contributed by atoms with Crippen molar-refractivity contribution in [3.63, 3.8) is 0 Å². The van der Waals surface area contributed by atoms with Gasteiger partial charge in [-0.15, -0.1) is 0 Å². The summed E-state index contributed by atoms with van der Waals surface area (Å²) in [6.07, 6.45) is 13.6. The van der Waals surface area contributed by atoms with Crippen LogP contribution in [0.1, 0.15) is 76.6 Å². The first-order chi connectivity index (χ1) is 19.0. The van der Waals surface area contributed by atoms with Gasteiger partial charge in [0.05, 0.1) is 16.4 Å². The van der Waals surface area contributed by atoms with Gasteiger partial charge in [0.25, 0.3) is 0 Å². The Bertz CT molecular complexity index is 1320. The Kier molecular flexibility index (Phi) is 11.8. The summed E-state index contributed by atoms with van der Waals surface area (Å²) in [7, 11) is 0. The van der Waals surface area contributed by atoms with Gasteiger partial charge in [-0.1, -0.05) is 83.0 Å². The van der Waals surface area contributed by atoms with Crippen molar-refractivity contribution in [2.45, 2.75) is 72.9 Å². The lowest BCUT2D eigenvalue weighted by atomic mass is 9.97. The first kappa shape index (κ1) is 30.2. The average molecular weight is 595 g/mol. The number of nitrogens with one attached hydrogen (secondary N) is 2. The summed E-state index contributed by atoms with van der Waals surface area (Å²) in [5.41, 5.74) is 4.30. The summed E-state index contributed by atoms with van der Waals surface area (Å²) < 4.78 is 2.53. The molecular weight excluding hydrogens is 554 g/mol. The lowest BCUT2D eigenvalue weighted by Gasteiger charge is -2.15. The summed E-state index contributed by atoms with van der Waals surface area (Å²) in [6, 6.07) is 10.2. The van der Waals surface area contributed by atoms with Gasteiger partial charge >= 0.3 is 0 Å². The zero-order chi connectivity index (χ0) is 28.2. The van der Waals surface area contributed by atoms with Crippen LogP contribution in [0.5, 0.6) is 0 Å². The quantitative estimate of drug-likeness (QED) is 0.211. The van der Waals surface area contributed by atoms with E-state index in [-0.39, 0.29) is 17.6 Å². The smallest absolute Gasteiger partial charge is 0.223 e. The van der Waals surface area contributed by atoms with Crippen LogP contribution in [0.15, 0.2) is 71.1 Å². The Labute approximate surface area is 240 Å². The van der Waals surface area contributed by atoms with E-state index >= 15 is 0 Å². The SMILES string of the molecule is CC.CCCC(CCC)C(=O)NCc1ccc(CNc2cc(C3=C(O)C=CC=CC3)nc3c(Br)cnn23)cc1. The molecule has 7 nitrogen and oxygen atoms in total. The van der Waals surface area contributed by atoms with Gasteiger partial charge in [0.1, 0.15) is 11.6 Å². The first-order valence-electron chi connectivity index (χ1n) is 13.9. The van der Waals surface area contributed by atoms with Crippen molar-refractivity contribution in [1.82, 2.24) is 19.9 Å². The van der Waals surface area contributed by atoms with Crippen LogP contribution in [0.2, 0.25) is 0 Å². The van der Waals surface area contributed by atoms with Gasteiger partial charge in [-0.2, -0.15) is 9.61 Å². The van der Waals surface area contributed by atoms with Crippen LogP contribution >= 0.6 is 15.9 Å². The van der Waals surface area contributed by atoms with E-state index in [1.165, 1.54) is 0 Å². The van der Waals surface area contributed by atoms with Crippen LogP contribution in [0.25, 0.3) is 11.2 Å². The highest BCUT2D eigenvalue weighted by Gasteiger charge is 2.17. The molecule has 8 heteroatoms. The van der Waals surface area contributed by atoms with E-state index in [1.807, 2.05) is 38.1 Å². The minimum atomic E-state index is 0.102. The van der Waals surface area contributed by atoms with Crippen LogP contribution in [-0.2, 0) is 17.9 Å². The second kappa shape index (κ2) is 15.3. The van der Waals surface area contributed by atoms with Gasteiger partial charge in [-0.25, -0.2) is 4.98 Å². The second-order valence-corrected chi connectivity index (χ2v) is 10.1. The molecule has 1 amide bonds. The maximum atomic E-state index is 12.5. The molecule has 0 fully saturated rings. The molecule has 2 heterocycles. The van der Waals surface area contributed by atoms with Crippen molar-refractivity contribution >= 4 is 38.9 Å². The highest BCUT2D eigenvalue weighted by atomic mass is 79.9. The number of fused-ring (bicyclic) bond motifs is 1. The number of carbonyl (C=O) groups is 1. The third-order valence-corrected chi connectivity index (χ3v) is 7.04. The van der Waals surface area contributed by atoms with Gasteiger partial charge in [0.2, 0.25) is 5.91 Å². The average Bonchev–Trinajstić information content (AvgIpc) is 3.19. The van der Waals surface area contributed by atoms with Crippen LogP contribution in [0, 0.1) is 5.92 Å². The Balaban J connectivity index is 0.00000205. The number of hydrogen-bond acceptors (Lipinski definition) is 5. The third kappa shape index (κ3) is 8.05. The minimum Gasteiger partial charge on any atom is -0.508 e. The standard InChI is InChI=1S/C29H34BrN5O2.C2H6/c1-3-8-22(9-4-2)29(37)32-18-21-14-12-20(13-15-21)17-31-27-16-25(23-10-6-5-7-11-26(23)36)34-28-24(30)19-33-35(27)28;1-2/h5-7,11-16,19,22,31,36H,3-4,8-10,17-18H2,1-2H3,(H,32,37);1-2H3. The second-order valence-electron chi connectivity index (χ2n) is 9.27. The lowest BCUT2D eigenvalue weighted by molar-refractivity contribution is -0.125. The number of benzene rings is 1. The number of aliphatic hydroxyl groups is 1. The zero-order valence-corrected chi connectivity index (χ0v) is 25.0. The fraction of sp³-hybridized carbons (Fsp3) is 0.387. The van der Waals surface area contributed by atoms with Crippen molar-refractivity contribution in [2.75, 3.05) is 5.32 Å². The summed E-state index contributed by atoms with van der Waals surface area (Å²) in [4.78, 5) is 17.3. The van der Waals surface area contributed by atoms with E-state index in [9.17, 15) is 9.90 Å². The molecule has 0 spiro atoms. The monoisotopic (exact) mass is 593 g/mol. The molecule has 0 saturated carbocycles. The van der Waals surface area contributed by atoms with Crippen LogP contribution in [-0.4, -0.2) is 25.6 Å². The maximum absolute atomic E-state index is 12.5. The highest BCUT2D eigenvalue weighted by molar-refractivity contribution is 9.10. The number of anilines is 1. The Hall–Kier alpha value is -3.39. The number of nitrogens with zero attached hydrogens (tertiary/aromatic N) is 3. The number of hydrogen-bond donors (Lipinski definition) is 3. The van der Waals surface area contributed by atoms with Crippen LogP contribution < -0.4 is 10.6 Å². The molecule has 0 atom stereocenters. The Morgan fingerprint density at radius 3 is 2.41 bits per heavy atom. The number of aromatic nitrogens is 3. The molecule has 1 aromatic carbocycles. The highest BCUT2D eigenvalue weighted by Crippen LogP contribution is 2.28. The molecule has 39 heavy (non-hydrogen) atoms. The number of carbonyl (C=O) groups excluding carboxylic acids is 1. The zero-order valence-electron chi connectivity index (χ0n) is 23.4. The molecule has 3 aromatic rings. The number of aliphatic hydroxyl groups excluding tert-OH is 1. The van der Waals surface area contributed by atoms with E-state index in [0.29, 0.717) is 30.9 Å². The van der Waals surface area contributed by atoms with Crippen molar-refractivity contribution in [3.8, 4) is 0 Å². The van der Waals surface area contributed by atoms with E-state index in [0.717, 1.165) is 52.7 Å². The number of amides is 1. The molecule has 208 valence electrons. The maximum Gasteiger partial charge on any atom is 0.223 e. The van der Waals surface area contributed by atoms with E-state index in [4.69, 9.17) is 4.98 Å². The van der Waals surface area contributed by atoms with Crippen molar-refractivity contribution in [3.05, 3.63) is 87.9 Å².